The average Bonchev–Trinajstić information content (AvgIpc) is 3.54. The number of hydrogen-bond donors (Lipinski definition) is 0. The Labute approximate surface area is 248 Å². The van der Waals surface area contributed by atoms with Gasteiger partial charge in [-0.2, -0.15) is 5.10 Å². The predicted octanol–water partition coefficient (Wildman–Crippen LogP) is 8.02. The van der Waals surface area contributed by atoms with Crippen molar-refractivity contribution in [2.75, 3.05) is 5.01 Å². The number of non-ortho nitro benzene ring substituents is 1. The number of rotatable bonds is 7. The Morgan fingerprint density at radius 2 is 1.37 bits per heavy atom. The second-order valence-electron chi connectivity index (χ2n) is 10.2. The molecule has 4 aromatic carbocycles. The number of hydrazone groups is 1. The molecule has 0 fully saturated rings. The maximum atomic E-state index is 12.8. The van der Waals surface area contributed by atoms with Crippen molar-refractivity contribution in [3.8, 4) is 0 Å². The van der Waals surface area contributed by atoms with Crippen LogP contribution in [0.2, 0.25) is 0 Å². The number of carbonyl (C=O) groups excluding carboxylic acids is 1. The van der Waals surface area contributed by atoms with Crippen molar-refractivity contribution in [2.24, 2.45) is 5.10 Å². The number of nitro groups is 1. The average molecular weight is 580 g/mol. The van der Waals surface area contributed by atoms with Crippen LogP contribution < -0.4 is 5.01 Å². The van der Waals surface area contributed by atoms with Crippen LogP contribution >= 0.6 is 23.5 Å². The molecule has 1 spiro atoms. The molecule has 0 aromatic heterocycles. The summed E-state index contributed by atoms with van der Waals surface area (Å²) in [6, 6.07) is 32.4. The molecule has 206 valence electrons. The van der Waals surface area contributed by atoms with Crippen molar-refractivity contribution >= 4 is 45.7 Å². The van der Waals surface area contributed by atoms with Crippen LogP contribution in [0.1, 0.15) is 54.2 Å². The number of nitro benzene ring substituents is 1. The lowest BCUT2D eigenvalue weighted by Crippen LogP contribution is -2.34. The number of hydrogen-bond acceptors (Lipinski definition) is 7. The van der Waals surface area contributed by atoms with Gasteiger partial charge in [0.05, 0.1) is 15.4 Å². The molecule has 0 N–H and O–H groups in total. The SMILES string of the molecule is CCc1ccc(C2(c3ccc(CC)cc3)SC3(SC(C(C)=O)=NN3c3ccc([N+](=O)[O-])cc3)c3ccccc32)cc1. The Balaban J connectivity index is 1.61. The molecule has 0 amide bonds. The van der Waals surface area contributed by atoms with Gasteiger partial charge in [-0.1, -0.05) is 110 Å². The predicted molar refractivity (Wildman–Crippen MR) is 169 cm³/mol. The van der Waals surface area contributed by atoms with Gasteiger partial charge in [-0.15, -0.1) is 0 Å². The maximum Gasteiger partial charge on any atom is 0.269 e. The lowest BCUT2D eigenvalue weighted by Gasteiger charge is -2.37. The number of ketones is 1. The summed E-state index contributed by atoms with van der Waals surface area (Å²) in [5.41, 5.74) is 7.70. The van der Waals surface area contributed by atoms with E-state index in [-0.39, 0.29) is 11.5 Å². The van der Waals surface area contributed by atoms with E-state index in [1.165, 1.54) is 41.9 Å². The lowest BCUT2D eigenvalue weighted by atomic mass is 9.81. The molecule has 41 heavy (non-hydrogen) atoms. The van der Waals surface area contributed by atoms with Crippen molar-refractivity contribution in [1.29, 1.82) is 0 Å². The number of carbonyl (C=O) groups is 1. The van der Waals surface area contributed by atoms with Gasteiger partial charge in [0.2, 0.25) is 0 Å². The van der Waals surface area contributed by atoms with E-state index in [0.29, 0.717) is 10.7 Å². The van der Waals surface area contributed by atoms with Crippen LogP contribution in [0.3, 0.4) is 0 Å². The van der Waals surface area contributed by atoms with Crippen molar-refractivity contribution in [1.82, 2.24) is 0 Å². The highest BCUT2D eigenvalue weighted by Gasteiger charge is 2.61. The molecule has 1 unspecified atom stereocenters. The quantitative estimate of drug-likeness (QED) is 0.163. The Morgan fingerprint density at radius 1 is 0.829 bits per heavy atom. The number of anilines is 1. The Kier molecular flexibility index (Phi) is 6.99. The molecule has 0 radical (unpaired) electrons. The minimum Gasteiger partial charge on any atom is -0.292 e. The molecular weight excluding hydrogens is 551 g/mol. The third-order valence-corrected chi connectivity index (χ3v) is 11.2. The summed E-state index contributed by atoms with van der Waals surface area (Å²) in [6.45, 7) is 5.84. The van der Waals surface area contributed by atoms with Crippen molar-refractivity contribution in [2.45, 2.75) is 42.6 Å². The molecule has 1 atom stereocenters. The molecule has 6 rings (SSSR count). The number of benzene rings is 4. The van der Waals surface area contributed by atoms with Gasteiger partial charge in [0.1, 0.15) is 0 Å². The van der Waals surface area contributed by atoms with E-state index in [2.05, 4.69) is 80.6 Å². The van der Waals surface area contributed by atoms with Gasteiger partial charge in [-0.3, -0.25) is 14.9 Å². The highest BCUT2D eigenvalue weighted by atomic mass is 32.2. The maximum absolute atomic E-state index is 12.8. The molecule has 0 saturated carbocycles. The summed E-state index contributed by atoms with van der Waals surface area (Å²) in [5, 5.41) is 18.5. The first-order chi connectivity index (χ1) is 19.8. The summed E-state index contributed by atoms with van der Waals surface area (Å²) in [4.78, 5) is 23.8. The Morgan fingerprint density at radius 3 is 1.85 bits per heavy atom. The van der Waals surface area contributed by atoms with Gasteiger partial charge in [0.15, 0.2) is 15.0 Å². The van der Waals surface area contributed by atoms with Gasteiger partial charge in [0, 0.05) is 24.6 Å². The van der Waals surface area contributed by atoms with E-state index in [1.807, 2.05) is 11.1 Å². The minimum atomic E-state index is -0.819. The van der Waals surface area contributed by atoms with Crippen LogP contribution in [0.15, 0.2) is 102 Å². The van der Waals surface area contributed by atoms with E-state index in [4.69, 9.17) is 5.10 Å². The minimum absolute atomic E-state index is 0.00581. The Hall–Kier alpha value is -3.88. The first kappa shape index (κ1) is 27.3. The van der Waals surface area contributed by atoms with E-state index in [1.54, 1.807) is 23.9 Å². The van der Waals surface area contributed by atoms with Gasteiger partial charge in [-0.05, 0) is 52.8 Å². The second kappa shape index (κ2) is 10.5. The number of aryl methyl sites for hydroxylation is 2. The zero-order chi connectivity index (χ0) is 28.8. The number of thioether (sulfide) groups is 2. The van der Waals surface area contributed by atoms with E-state index in [0.717, 1.165) is 35.1 Å². The fourth-order valence-electron chi connectivity index (χ4n) is 5.60. The summed E-state index contributed by atoms with van der Waals surface area (Å²) < 4.78 is -1.41. The summed E-state index contributed by atoms with van der Waals surface area (Å²) >= 11 is 3.20. The largest absolute Gasteiger partial charge is 0.292 e. The normalized spacial score (nSPS) is 18.8. The number of fused-ring (bicyclic) bond motifs is 2. The zero-order valence-corrected chi connectivity index (χ0v) is 24.7. The molecule has 2 heterocycles. The topological polar surface area (TPSA) is 75.8 Å². The molecular formula is C33H29N3O3S2. The van der Waals surface area contributed by atoms with E-state index >= 15 is 0 Å². The van der Waals surface area contributed by atoms with Gasteiger partial charge in [-0.25, -0.2) is 5.01 Å². The monoisotopic (exact) mass is 579 g/mol. The van der Waals surface area contributed by atoms with Crippen LogP contribution in [0, 0.1) is 10.1 Å². The molecule has 2 aliphatic rings. The molecule has 2 aliphatic heterocycles. The second-order valence-corrected chi connectivity index (χ2v) is 13.0. The summed E-state index contributed by atoms with van der Waals surface area (Å²) in [7, 11) is 0. The highest BCUT2D eigenvalue weighted by Crippen LogP contribution is 2.70. The van der Waals surface area contributed by atoms with Gasteiger partial charge >= 0.3 is 0 Å². The molecule has 0 saturated heterocycles. The molecule has 6 nitrogen and oxygen atoms in total. The first-order valence-electron chi connectivity index (χ1n) is 13.6. The fraction of sp³-hybridized carbons (Fsp3) is 0.212. The van der Waals surface area contributed by atoms with Crippen molar-refractivity contribution in [3.63, 3.8) is 0 Å². The summed E-state index contributed by atoms with van der Waals surface area (Å²) in [6.07, 6.45) is 1.90. The smallest absolute Gasteiger partial charge is 0.269 e. The van der Waals surface area contributed by atoms with Gasteiger partial charge in [0.25, 0.3) is 5.69 Å². The highest BCUT2D eigenvalue weighted by molar-refractivity contribution is 8.27. The van der Waals surface area contributed by atoms with Crippen LogP contribution in [-0.4, -0.2) is 15.8 Å². The Bertz CT molecular complexity index is 1620. The third kappa shape index (κ3) is 4.37. The first-order valence-corrected chi connectivity index (χ1v) is 15.3. The molecule has 0 aliphatic carbocycles. The van der Waals surface area contributed by atoms with Crippen molar-refractivity contribution in [3.05, 3.63) is 141 Å². The number of nitrogens with zero attached hydrogens (tertiary/aromatic N) is 3. The van der Waals surface area contributed by atoms with E-state index < -0.39 is 13.9 Å². The number of Topliss-reactive ketones (excluding diaryl/α,β-unsaturated/α-hetero) is 1. The fourth-order valence-corrected chi connectivity index (χ4v) is 9.16. The summed E-state index contributed by atoms with van der Waals surface area (Å²) in [5.74, 6) is -0.117. The van der Waals surface area contributed by atoms with Gasteiger partial charge < -0.3 is 0 Å². The molecule has 4 aromatic rings. The third-order valence-electron chi connectivity index (χ3n) is 7.79. The standard InChI is InChI=1S/C33H29N3O3S2/c1-4-23-10-14-25(15-11-23)32(26-16-12-24(5-2)13-17-26)29-8-6-7-9-30(29)33(41-32)35(34-31(40-33)22(3)37)27-18-20-28(21-19-27)36(38)39/h6-21H,4-5H2,1-3H3. The van der Waals surface area contributed by atoms with Crippen LogP contribution in [-0.2, 0) is 26.6 Å². The van der Waals surface area contributed by atoms with Crippen LogP contribution in [0.4, 0.5) is 11.4 Å². The van der Waals surface area contributed by atoms with Crippen LogP contribution in [0.5, 0.6) is 0 Å². The molecule has 8 heteroatoms. The zero-order valence-electron chi connectivity index (χ0n) is 23.0. The van der Waals surface area contributed by atoms with E-state index in [9.17, 15) is 14.9 Å². The van der Waals surface area contributed by atoms with Crippen molar-refractivity contribution < 1.29 is 9.72 Å². The molecule has 0 bridgehead atoms. The lowest BCUT2D eigenvalue weighted by molar-refractivity contribution is -0.384. The van der Waals surface area contributed by atoms with Crippen LogP contribution in [0.25, 0.3) is 0 Å².